The number of hydrogen-bond donors (Lipinski definition) is 1. The molecule has 0 aliphatic carbocycles. The number of ether oxygens (including phenoxy) is 1. The van der Waals surface area contributed by atoms with E-state index in [0.29, 0.717) is 25.3 Å². The lowest BCUT2D eigenvalue weighted by Gasteiger charge is -2.40. The number of hydrogen-bond acceptors (Lipinski definition) is 4. The average Bonchev–Trinajstić information content (AvgIpc) is 2.37. The van der Waals surface area contributed by atoms with E-state index in [1.54, 1.807) is 0 Å². The lowest BCUT2D eigenvalue weighted by molar-refractivity contribution is -0.00770. The van der Waals surface area contributed by atoms with Crippen LogP contribution in [-0.2, 0) is 14.8 Å². The van der Waals surface area contributed by atoms with Gasteiger partial charge in [0.25, 0.3) is 0 Å². The van der Waals surface area contributed by atoms with Crippen LogP contribution in [0.3, 0.4) is 0 Å². The van der Waals surface area contributed by atoms with E-state index in [1.807, 2.05) is 13.8 Å². The van der Waals surface area contributed by atoms with E-state index < -0.39 is 15.6 Å². The van der Waals surface area contributed by atoms with Gasteiger partial charge < -0.3 is 10.5 Å². The first kappa shape index (κ1) is 16.6. The van der Waals surface area contributed by atoms with E-state index in [4.69, 9.17) is 34.3 Å². The maximum absolute atomic E-state index is 12.8. The van der Waals surface area contributed by atoms with Crippen molar-refractivity contribution in [2.45, 2.75) is 24.3 Å². The predicted octanol–water partition coefficient (Wildman–Crippen LogP) is 1.77. The zero-order valence-corrected chi connectivity index (χ0v) is 14.2. The quantitative estimate of drug-likeness (QED) is 0.843. The molecule has 0 bridgehead atoms. The van der Waals surface area contributed by atoms with Gasteiger partial charge in [-0.05, 0) is 32.0 Å². The van der Waals surface area contributed by atoms with Gasteiger partial charge in [0, 0.05) is 12.1 Å². The first-order valence-corrected chi connectivity index (χ1v) is 8.59. The van der Waals surface area contributed by atoms with Crippen LogP contribution in [0.4, 0.5) is 0 Å². The molecular weight excluding hydrogens is 332 g/mol. The van der Waals surface area contributed by atoms with Gasteiger partial charge in [0.2, 0.25) is 10.0 Å². The number of nitrogens with two attached hydrogens (primary N) is 1. The summed E-state index contributed by atoms with van der Waals surface area (Å²) in [6.45, 7) is 4.69. The summed E-state index contributed by atoms with van der Waals surface area (Å²) >= 11 is 10.9. The molecule has 0 atom stereocenters. The Hall–Kier alpha value is -0.730. The van der Waals surface area contributed by atoms with Crippen molar-refractivity contribution in [3.05, 3.63) is 28.8 Å². The summed E-state index contributed by atoms with van der Waals surface area (Å²) in [6, 6.07) is 4.39. The minimum atomic E-state index is -3.65. The molecule has 2 rings (SSSR count). The van der Waals surface area contributed by atoms with Crippen LogP contribution in [-0.4, -0.2) is 43.0 Å². The molecule has 1 saturated heterocycles. The lowest BCUT2D eigenvalue weighted by atomic mass is 10.1. The second-order valence-corrected chi connectivity index (χ2v) is 8.16. The standard InChI is InChI=1S/C13H17ClN2O3S2/c1-13(2)8-19-6-5-16(13)21(17,18)9-3-4-10(12(15)20)11(14)7-9/h3-4,7H,5-6,8H2,1-2H3,(H2,15,20). The maximum atomic E-state index is 12.8. The Balaban J connectivity index is 2.44. The molecule has 1 aliphatic heterocycles. The molecule has 0 spiro atoms. The second kappa shape index (κ2) is 5.81. The second-order valence-electron chi connectivity index (χ2n) is 5.45. The van der Waals surface area contributed by atoms with Gasteiger partial charge in [-0.15, -0.1) is 0 Å². The highest BCUT2D eigenvalue weighted by Gasteiger charge is 2.39. The molecule has 116 valence electrons. The van der Waals surface area contributed by atoms with Crippen LogP contribution < -0.4 is 5.73 Å². The Labute approximate surface area is 135 Å². The normalized spacial score (nSPS) is 19.4. The third-order valence-electron chi connectivity index (χ3n) is 3.36. The van der Waals surface area contributed by atoms with Crippen LogP contribution in [0.25, 0.3) is 0 Å². The number of morpholine rings is 1. The summed E-state index contributed by atoms with van der Waals surface area (Å²) in [5.41, 5.74) is 5.39. The zero-order chi connectivity index (χ0) is 15.8. The molecule has 1 aromatic carbocycles. The number of rotatable bonds is 3. The van der Waals surface area contributed by atoms with Crippen molar-refractivity contribution in [1.82, 2.24) is 4.31 Å². The predicted molar refractivity (Wildman–Crippen MR) is 86.1 cm³/mol. The van der Waals surface area contributed by atoms with E-state index in [0.717, 1.165) is 0 Å². The fourth-order valence-electron chi connectivity index (χ4n) is 2.27. The molecule has 1 heterocycles. The Kier molecular flexibility index (Phi) is 4.60. The third-order valence-corrected chi connectivity index (χ3v) is 6.00. The van der Waals surface area contributed by atoms with Crippen molar-refractivity contribution in [1.29, 1.82) is 0 Å². The number of sulfonamides is 1. The summed E-state index contributed by atoms with van der Waals surface area (Å²) in [7, 11) is -3.65. The summed E-state index contributed by atoms with van der Waals surface area (Å²) in [5.74, 6) is 0. The molecule has 2 N–H and O–H groups in total. The summed E-state index contributed by atoms with van der Waals surface area (Å²) in [6.07, 6.45) is 0. The fourth-order valence-corrected chi connectivity index (χ4v) is 4.63. The fraction of sp³-hybridized carbons (Fsp3) is 0.462. The first-order valence-electron chi connectivity index (χ1n) is 6.36. The molecule has 1 aliphatic rings. The maximum Gasteiger partial charge on any atom is 0.243 e. The Morgan fingerprint density at radius 2 is 2.14 bits per heavy atom. The molecule has 8 heteroatoms. The van der Waals surface area contributed by atoms with E-state index in [-0.39, 0.29) is 14.9 Å². The number of thiocarbonyl (C=S) groups is 1. The monoisotopic (exact) mass is 348 g/mol. The van der Waals surface area contributed by atoms with Gasteiger partial charge in [0.05, 0.1) is 28.7 Å². The molecule has 1 aromatic rings. The van der Waals surface area contributed by atoms with Gasteiger partial charge in [-0.3, -0.25) is 0 Å². The van der Waals surface area contributed by atoms with Crippen LogP contribution in [0.5, 0.6) is 0 Å². The van der Waals surface area contributed by atoms with Gasteiger partial charge in [-0.25, -0.2) is 8.42 Å². The highest BCUT2D eigenvalue weighted by atomic mass is 35.5. The average molecular weight is 349 g/mol. The van der Waals surface area contributed by atoms with Crippen molar-refractivity contribution in [2.75, 3.05) is 19.8 Å². The molecule has 0 radical (unpaired) electrons. The molecule has 21 heavy (non-hydrogen) atoms. The Morgan fingerprint density at radius 3 is 2.67 bits per heavy atom. The largest absolute Gasteiger partial charge is 0.389 e. The van der Waals surface area contributed by atoms with Crippen LogP contribution in [0.15, 0.2) is 23.1 Å². The van der Waals surface area contributed by atoms with Crippen LogP contribution in [0, 0.1) is 0 Å². The third kappa shape index (κ3) is 3.22. The van der Waals surface area contributed by atoms with Crippen LogP contribution >= 0.6 is 23.8 Å². The first-order chi connectivity index (χ1) is 9.66. The summed E-state index contributed by atoms with van der Waals surface area (Å²) in [4.78, 5) is 0.262. The smallest absolute Gasteiger partial charge is 0.243 e. The number of benzene rings is 1. The minimum absolute atomic E-state index is 0.127. The topological polar surface area (TPSA) is 72.6 Å². The van der Waals surface area contributed by atoms with Gasteiger partial charge in [-0.2, -0.15) is 4.31 Å². The molecule has 5 nitrogen and oxygen atoms in total. The zero-order valence-electron chi connectivity index (χ0n) is 11.8. The van der Waals surface area contributed by atoms with E-state index in [2.05, 4.69) is 0 Å². The van der Waals surface area contributed by atoms with Gasteiger partial charge in [-0.1, -0.05) is 23.8 Å². The van der Waals surface area contributed by atoms with Gasteiger partial charge in [0.15, 0.2) is 0 Å². The van der Waals surface area contributed by atoms with E-state index in [9.17, 15) is 8.42 Å². The van der Waals surface area contributed by atoms with E-state index >= 15 is 0 Å². The lowest BCUT2D eigenvalue weighted by Crippen LogP contribution is -2.55. The molecule has 0 aromatic heterocycles. The van der Waals surface area contributed by atoms with Crippen molar-refractivity contribution in [3.63, 3.8) is 0 Å². The highest BCUT2D eigenvalue weighted by Crippen LogP contribution is 2.29. The molecule has 1 fully saturated rings. The van der Waals surface area contributed by atoms with Gasteiger partial charge >= 0.3 is 0 Å². The Morgan fingerprint density at radius 1 is 1.48 bits per heavy atom. The summed E-state index contributed by atoms with van der Waals surface area (Å²) in [5, 5.41) is 0.231. The number of halogens is 1. The molecular formula is C13H17ClN2O3S2. The van der Waals surface area contributed by atoms with Crippen molar-refractivity contribution in [3.8, 4) is 0 Å². The molecule has 0 saturated carbocycles. The van der Waals surface area contributed by atoms with Crippen LogP contribution in [0.2, 0.25) is 5.02 Å². The van der Waals surface area contributed by atoms with Gasteiger partial charge in [0.1, 0.15) is 4.99 Å². The van der Waals surface area contributed by atoms with E-state index in [1.165, 1.54) is 22.5 Å². The number of nitrogens with zero attached hydrogens (tertiary/aromatic N) is 1. The molecule has 0 amide bonds. The SMILES string of the molecule is CC1(C)COCCN1S(=O)(=O)c1ccc(C(N)=S)c(Cl)c1. The Bertz CT molecular complexity index is 674. The van der Waals surface area contributed by atoms with Crippen molar-refractivity contribution >= 4 is 38.8 Å². The minimum Gasteiger partial charge on any atom is -0.389 e. The molecule has 0 unspecified atom stereocenters. The van der Waals surface area contributed by atoms with Crippen molar-refractivity contribution < 1.29 is 13.2 Å². The van der Waals surface area contributed by atoms with Crippen LogP contribution in [0.1, 0.15) is 19.4 Å². The van der Waals surface area contributed by atoms with Crippen molar-refractivity contribution in [2.24, 2.45) is 5.73 Å². The summed E-state index contributed by atoms with van der Waals surface area (Å²) < 4.78 is 32.4. The highest BCUT2D eigenvalue weighted by molar-refractivity contribution is 7.89.